The number of hydrogen-bond acceptors (Lipinski definition) is 3. The first kappa shape index (κ1) is 12.7. The number of para-hydroxylation sites is 2. The van der Waals surface area contributed by atoms with E-state index < -0.39 is 11.7 Å². The molecule has 0 fully saturated rings. The third-order valence-electron chi connectivity index (χ3n) is 4.12. The molecule has 4 rings (SSSR count). The van der Waals surface area contributed by atoms with E-state index in [1.54, 1.807) is 6.07 Å². The van der Waals surface area contributed by atoms with Crippen LogP contribution in [-0.2, 0) is 9.59 Å². The maximum atomic E-state index is 12.2. The number of aromatic nitrogens is 1. The van der Waals surface area contributed by atoms with Crippen molar-refractivity contribution in [2.45, 2.75) is 5.92 Å². The van der Waals surface area contributed by atoms with E-state index in [2.05, 4.69) is 4.98 Å². The number of hydrogen-bond donors (Lipinski definition) is 2. The van der Waals surface area contributed by atoms with Crippen LogP contribution in [0.4, 0.5) is 0 Å². The van der Waals surface area contributed by atoms with E-state index in [1.165, 1.54) is 12.2 Å². The number of carbonyl (C=O) groups is 2. The first-order valence-corrected chi connectivity index (χ1v) is 7.01. The van der Waals surface area contributed by atoms with Gasteiger partial charge in [-0.25, -0.2) is 0 Å². The zero-order chi connectivity index (χ0) is 15.3. The highest BCUT2D eigenvalue weighted by atomic mass is 16.1. The summed E-state index contributed by atoms with van der Waals surface area (Å²) in [6, 6.07) is 13.5. The Labute approximate surface area is 126 Å². The molecule has 106 valence electrons. The molecular weight excluding hydrogens is 276 g/mol. The number of aromatic amines is 1. The van der Waals surface area contributed by atoms with E-state index in [-0.39, 0.29) is 11.5 Å². The summed E-state index contributed by atoms with van der Waals surface area (Å²) in [7, 11) is 0. The van der Waals surface area contributed by atoms with E-state index in [9.17, 15) is 9.59 Å². The summed E-state index contributed by atoms with van der Waals surface area (Å²) in [6.07, 6.45) is 2.44. The van der Waals surface area contributed by atoms with Gasteiger partial charge in [0.05, 0.1) is 17.1 Å². The first-order chi connectivity index (χ1) is 10.7. The topological polar surface area (TPSA) is 73.8 Å². The molecule has 0 spiro atoms. The number of benzene rings is 2. The van der Waals surface area contributed by atoms with Crippen molar-refractivity contribution >= 4 is 39.1 Å². The van der Waals surface area contributed by atoms with Crippen LogP contribution in [0.5, 0.6) is 0 Å². The fourth-order valence-corrected chi connectivity index (χ4v) is 3.07. The molecule has 2 N–H and O–H groups in total. The molecule has 2 aromatic carbocycles. The molecule has 0 saturated heterocycles. The molecule has 22 heavy (non-hydrogen) atoms. The van der Waals surface area contributed by atoms with Crippen LogP contribution >= 0.6 is 0 Å². The average Bonchev–Trinajstić information content (AvgIpc) is 2.91. The molecule has 0 bridgehead atoms. The molecule has 1 atom stereocenters. The maximum absolute atomic E-state index is 12.2. The lowest BCUT2D eigenvalue weighted by atomic mass is 9.83. The molecule has 1 aliphatic rings. The van der Waals surface area contributed by atoms with Gasteiger partial charge in [0.2, 0.25) is 5.78 Å². The number of carbonyl (C=O) groups excluding carboxylic acids is 2. The van der Waals surface area contributed by atoms with Crippen LogP contribution in [0, 0.1) is 5.41 Å². The van der Waals surface area contributed by atoms with Gasteiger partial charge >= 0.3 is 0 Å². The van der Waals surface area contributed by atoms with Crippen LogP contribution in [0.2, 0.25) is 0 Å². The number of ketones is 2. The summed E-state index contributed by atoms with van der Waals surface area (Å²) >= 11 is 0. The Balaban J connectivity index is 2.03. The Morgan fingerprint density at radius 1 is 0.909 bits per heavy atom. The summed E-state index contributed by atoms with van der Waals surface area (Å²) in [5.41, 5.74) is 2.30. The lowest BCUT2D eigenvalue weighted by molar-refractivity contribution is -0.117. The third kappa shape index (κ3) is 1.67. The van der Waals surface area contributed by atoms with Crippen LogP contribution in [0.25, 0.3) is 21.8 Å². The van der Waals surface area contributed by atoms with Crippen LogP contribution in [0.15, 0.2) is 54.6 Å². The average molecular weight is 288 g/mol. The van der Waals surface area contributed by atoms with Crippen molar-refractivity contribution in [3.8, 4) is 0 Å². The van der Waals surface area contributed by atoms with Crippen molar-refractivity contribution in [2.75, 3.05) is 0 Å². The van der Waals surface area contributed by atoms with Gasteiger partial charge in [0.15, 0.2) is 5.78 Å². The zero-order valence-electron chi connectivity index (χ0n) is 11.6. The highest BCUT2D eigenvalue weighted by Crippen LogP contribution is 2.33. The van der Waals surface area contributed by atoms with E-state index >= 15 is 0 Å². The van der Waals surface area contributed by atoms with Crippen molar-refractivity contribution in [2.24, 2.45) is 0 Å². The predicted octanol–water partition coefficient (Wildman–Crippen LogP) is 3.13. The Bertz CT molecular complexity index is 995. The highest BCUT2D eigenvalue weighted by Gasteiger charge is 2.32. The second-order valence-electron chi connectivity index (χ2n) is 5.39. The molecule has 4 heteroatoms. The second kappa shape index (κ2) is 4.49. The fraction of sp³-hybridized carbons (Fsp3) is 0.0556. The van der Waals surface area contributed by atoms with Gasteiger partial charge in [-0.1, -0.05) is 36.4 Å². The van der Waals surface area contributed by atoms with Gasteiger partial charge in [0, 0.05) is 16.3 Å². The molecule has 1 aromatic heterocycles. The Hall–Kier alpha value is -3.01. The Morgan fingerprint density at radius 2 is 1.68 bits per heavy atom. The number of fused-ring (bicyclic) bond motifs is 3. The van der Waals surface area contributed by atoms with Crippen LogP contribution in [0.1, 0.15) is 11.5 Å². The summed E-state index contributed by atoms with van der Waals surface area (Å²) in [6.45, 7) is 0. The van der Waals surface area contributed by atoms with E-state index in [4.69, 9.17) is 5.41 Å². The van der Waals surface area contributed by atoms with Gasteiger partial charge in [-0.2, -0.15) is 0 Å². The van der Waals surface area contributed by atoms with E-state index in [0.29, 0.717) is 5.56 Å². The molecule has 4 nitrogen and oxygen atoms in total. The lowest BCUT2D eigenvalue weighted by Crippen LogP contribution is -2.29. The van der Waals surface area contributed by atoms with Gasteiger partial charge in [0.1, 0.15) is 0 Å². The van der Waals surface area contributed by atoms with Crippen LogP contribution < -0.4 is 0 Å². The third-order valence-corrected chi connectivity index (χ3v) is 4.12. The van der Waals surface area contributed by atoms with Crippen molar-refractivity contribution < 1.29 is 9.59 Å². The Kier molecular flexibility index (Phi) is 2.60. The standard InChI is InChI=1S/C18H12N2O2/c19-17-15(22)9-8-14(21)16(17)12-6-3-5-11-10-4-1-2-7-13(10)20-18(11)12/h1-9,16,19-20H. The van der Waals surface area contributed by atoms with Crippen molar-refractivity contribution in [3.05, 3.63) is 60.2 Å². The van der Waals surface area contributed by atoms with Gasteiger partial charge < -0.3 is 10.4 Å². The molecule has 1 aliphatic carbocycles. The summed E-state index contributed by atoms with van der Waals surface area (Å²) < 4.78 is 0. The SMILES string of the molecule is N=C1C(=O)C=CC(=O)C1c1cccc2c1[nH]c1ccccc12. The predicted molar refractivity (Wildman–Crippen MR) is 85.4 cm³/mol. The Morgan fingerprint density at radius 3 is 2.55 bits per heavy atom. The van der Waals surface area contributed by atoms with Crippen molar-refractivity contribution in [1.29, 1.82) is 5.41 Å². The zero-order valence-corrected chi connectivity index (χ0v) is 11.6. The molecule has 1 unspecified atom stereocenters. The molecule has 0 radical (unpaired) electrons. The number of H-pyrrole nitrogens is 1. The maximum Gasteiger partial charge on any atom is 0.200 e. The van der Waals surface area contributed by atoms with Gasteiger partial charge in [-0.15, -0.1) is 0 Å². The number of nitrogens with one attached hydrogen (secondary N) is 2. The minimum atomic E-state index is -0.825. The second-order valence-corrected chi connectivity index (χ2v) is 5.39. The molecular formula is C18H12N2O2. The fourth-order valence-electron chi connectivity index (χ4n) is 3.07. The van der Waals surface area contributed by atoms with E-state index in [0.717, 1.165) is 21.8 Å². The monoisotopic (exact) mass is 288 g/mol. The molecule has 0 amide bonds. The lowest BCUT2D eigenvalue weighted by Gasteiger charge is -2.18. The molecule has 3 aromatic rings. The highest BCUT2D eigenvalue weighted by molar-refractivity contribution is 6.51. The summed E-state index contributed by atoms with van der Waals surface area (Å²) in [5, 5.41) is 10.1. The number of rotatable bonds is 1. The minimum Gasteiger partial charge on any atom is -0.354 e. The van der Waals surface area contributed by atoms with Crippen molar-refractivity contribution in [1.82, 2.24) is 4.98 Å². The smallest absolute Gasteiger partial charge is 0.200 e. The van der Waals surface area contributed by atoms with E-state index in [1.807, 2.05) is 36.4 Å². The summed E-state index contributed by atoms with van der Waals surface area (Å²) in [4.78, 5) is 27.3. The van der Waals surface area contributed by atoms with Crippen LogP contribution in [-0.4, -0.2) is 22.3 Å². The van der Waals surface area contributed by atoms with Crippen LogP contribution in [0.3, 0.4) is 0 Å². The van der Waals surface area contributed by atoms with Gasteiger partial charge in [-0.3, -0.25) is 9.59 Å². The molecule has 0 aliphatic heterocycles. The van der Waals surface area contributed by atoms with Gasteiger partial charge in [-0.05, 0) is 23.8 Å². The molecule has 0 saturated carbocycles. The van der Waals surface area contributed by atoms with Crippen molar-refractivity contribution in [3.63, 3.8) is 0 Å². The summed E-state index contributed by atoms with van der Waals surface area (Å²) in [5.74, 6) is -1.46. The normalized spacial score (nSPS) is 18.5. The quantitative estimate of drug-likeness (QED) is 0.722. The minimum absolute atomic E-state index is 0.168. The first-order valence-electron chi connectivity index (χ1n) is 7.01. The van der Waals surface area contributed by atoms with Gasteiger partial charge in [0.25, 0.3) is 0 Å². The number of allylic oxidation sites excluding steroid dienone is 2. The molecule has 1 heterocycles. The largest absolute Gasteiger partial charge is 0.354 e.